The molecule has 23 heavy (non-hydrogen) atoms. The molecule has 0 fully saturated rings. The van der Waals surface area contributed by atoms with E-state index in [1.165, 1.54) is 19.2 Å². The number of hydrogen-bond donors (Lipinski definition) is 0. The topological polar surface area (TPSA) is 36.3 Å². The van der Waals surface area contributed by atoms with Crippen molar-refractivity contribution in [3.05, 3.63) is 35.2 Å². The molecule has 0 amide bonds. The minimum atomic E-state index is -1.09. The van der Waals surface area contributed by atoms with Crippen LogP contribution in [0.1, 0.15) is 0 Å². The maximum Gasteiger partial charge on any atom is 0.139 e. The van der Waals surface area contributed by atoms with Gasteiger partial charge in [-0.3, -0.25) is 0 Å². The van der Waals surface area contributed by atoms with Crippen molar-refractivity contribution < 1.29 is 13.9 Å². The van der Waals surface area contributed by atoms with Crippen LogP contribution in [-0.2, 0) is 11.5 Å². The highest BCUT2D eigenvalue weighted by Gasteiger charge is 2.16. The average Bonchev–Trinajstić information content (AvgIpc) is 2.90. The van der Waals surface area contributed by atoms with Gasteiger partial charge in [0.2, 0.25) is 0 Å². The first-order valence-electron chi connectivity index (χ1n) is 7.45. The van der Waals surface area contributed by atoms with Gasteiger partial charge in [-0.15, -0.1) is 0 Å². The lowest BCUT2D eigenvalue weighted by Crippen LogP contribution is -2.22. The van der Waals surface area contributed by atoms with Crippen LogP contribution < -0.4 is 4.74 Å². The van der Waals surface area contributed by atoms with Gasteiger partial charge in [-0.25, -0.2) is 9.07 Å². The fourth-order valence-corrected chi connectivity index (χ4v) is 3.11. The van der Waals surface area contributed by atoms with Crippen LogP contribution >= 0.6 is 11.6 Å². The third-order valence-electron chi connectivity index (χ3n) is 3.36. The molecule has 126 valence electrons. The first kappa shape index (κ1) is 18.0. The molecule has 0 aliphatic rings. The zero-order valence-electron chi connectivity index (χ0n) is 13.9. The van der Waals surface area contributed by atoms with E-state index in [4.69, 9.17) is 21.1 Å². The van der Waals surface area contributed by atoms with Gasteiger partial charge in [0.1, 0.15) is 18.3 Å². The Labute approximate surface area is 142 Å². The summed E-state index contributed by atoms with van der Waals surface area (Å²) < 4.78 is 26.0. The van der Waals surface area contributed by atoms with Crippen molar-refractivity contribution in [3.8, 4) is 17.0 Å². The molecule has 2 aromatic rings. The molecule has 0 aliphatic carbocycles. The van der Waals surface area contributed by atoms with E-state index in [9.17, 15) is 4.39 Å². The van der Waals surface area contributed by atoms with Gasteiger partial charge in [0.15, 0.2) is 0 Å². The Morgan fingerprint density at radius 1 is 1.30 bits per heavy atom. The van der Waals surface area contributed by atoms with Crippen molar-refractivity contribution in [3.63, 3.8) is 0 Å². The predicted molar refractivity (Wildman–Crippen MR) is 93.3 cm³/mol. The molecule has 0 spiro atoms. The minimum Gasteiger partial charge on any atom is -0.496 e. The molecule has 0 saturated heterocycles. The number of hydrogen-bond acceptors (Lipinski definition) is 3. The fraction of sp³-hybridized carbons (Fsp3) is 0.438. The smallest absolute Gasteiger partial charge is 0.139 e. The van der Waals surface area contributed by atoms with Gasteiger partial charge in [-0.2, -0.15) is 5.10 Å². The number of ether oxygens (including phenoxy) is 2. The summed E-state index contributed by atoms with van der Waals surface area (Å²) in [6.07, 6.45) is 1.81. The van der Waals surface area contributed by atoms with E-state index in [-0.39, 0.29) is 5.02 Å². The van der Waals surface area contributed by atoms with Gasteiger partial charge >= 0.3 is 0 Å². The minimum absolute atomic E-state index is 0.270. The van der Waals surface area contributed by atoms with Gasteiger partial charge in [0, 0.05) is 26.9 Å². The molecule has 0 aliphatic heterocycles. The van der Waals surface area contributed by atoms with Gasteiger partial charge in [0.25, 0.3) is 0 Å². The van der Waals surface area contributed by atoms with Crippen LogP contribution in [-0.4, -0.2) is 31.6 Å². The van der Waals surface area contributed by atoms with Gasteiger partial charge < -0.3 is 9.47 Å². The van der Waals surface area contributed by atoms with E-state index >= 15 is 0 Å². The van der Waals surface area contributed by atoms with E-state index in [1.54, 1.807) is 4.68 Å². The van der Waals surface area contributed by atoms with E-state index < -0.39 is 13.9 Å². The Kier molecular flexibility index (Phi) is 5.83. The molecule has 1 aromatic carbocycles. The highest BCUT2D eigenvalue weighted by Crippen LogP contribution is 2.36. The second kappa shape index (κ2) is 7.46. The molecule has 1 aromatic heterocycles. The first-order chi connectivity index (χ1) is 10.8. The van der Waals surface area contributed by atoms with E-state index in [1.807, 2.05) is 12.3 Å². The maximum absolute atomic E-state index is 13.4. The number of halogens is 2. The van der Waals surface area contributed by atoms with Crippen LogP contribution in [0.15, 0.2) is 24.4 Å². The second-order valence-electron chi connectivity index (χ2n) is 6.55. The number of benzene rings is 1. The summed E-state index contributed by atoms with van der Waals surface area (Å²) in [6.45, 7) is 8.04. The van der Waals surface area contributed by atoms with Crippen molar-refractivity contribution in [2.75, 3.05) is 13.7 Å². The summed E-state index contributed by atoms with van der Waals surface area (Å²) in [6, 6.07) is 5.47. The van der Waals surface area contributed by atoms with Crippen molar-refractivity contribution in [2.45, 2.75) is 32.4 Å². The molecule has 7 heteroatoms. The molecule has 0 bridgehead atoms. The zero-order chi connectivity index (χ0) is 17.0. The molecule has 2 rings (SSSR count). The molecule has 0 N–H and O–H groups in total. The Morgan fingerprint density at radius 2 is 2.04 bits per heavy atom. The summed E-state index contributed by atoms with van der Waals surface area (Å²) >= 11 is 6.14. The third kappa shape index (κ3) is 5.05. The summed E-state index contributed by atoms with van der Waals surface area (Å²) in [5, 5.41) is 4.70. The summed E-state index contributed by atoms with van der Waals surface area (Å²) in [7, 11) is 0.385. The quantitative estimate of drug-likeness (QED) is 0.534. The van der Waals surface area contributed by atoms with Crippen LogP contribution in [0.25, 0.3) is 11.3 Å². The highest BCUT2D eigenvalue weighted by atomic mass is 35.5. The zero-order valence-corrected chi connectivity index (χ0v) is 15.7. The maximum atomic E-state index is 13.4. The molecule has 0 atom stereocenters. The number of nitrogens with zero attached hydrogens (tertiary/aromatic N) is 2. The van der Waals surface area contributed by atoms with Crippen molar-refractivity contribution in [1.29, 1.82) is 0 Å². The molecule has 4 nitrogen and oxygen atoms in total. The molecule has 0 saturated carbocycles. The number of aromatic nitrogens is 2. The lowest BCUT2D eigenvalue weighted by atomic mass is 10.1. The molecule has 1 heterocycles. The fourth-order valence-electron chi connectivity index (χ4n) is 2.06. The molecular formula is C16H22ClFN2O2Si. The van der Waals surface area contributed by atoms with E-state index in [0.29, 0.717) is 23.7 Å². The highest BCUT2D eigenvalue weighted by molar-refractivity contribution is 6.76. The third-order valence-corrected chi connectivity index (χ3v) is 5.36. The Balaban J connectivity index is 2.08. The Hall–Kier alpha value is -1.37. The monoisotopic (exact) mass is 356 g/mol. The van der Waals surface area contributed by atoms with Crippen LogP contribution in [0.3, 0.4) is 0 Å². The van der Waals surface area contributed by atoms with Crippen molar-refractivity contribution in [2.24, 2.45) is 0 Å². The van der Waals surface area contributed by atoms with Gasteiger partial charge in [-0.1, -0.05) is 31.2 Å². The first-order valence-corrected chi connectivity index (χ1v) is 11.5. The average molecular weight is 357 g/mol. The lowest BCUT2D eigenvalue weighted by molar-refractivity contribution is 0.0787. The second-order valence-corrected chi connectivity index (χ2v) is 12.6. The summed E-state index contributed by atoms with van der Waals surface area (Å²) in [5.74, 6) is -0.0791. The lowest BCUT2D eigenvalue weighted by Gasteiger charge is -2.15. The predicted octanol–water partition coefficient (Wildman–Crippen LogP) is 4.66. The van der Waals surface area contributed by atoms with Crippen LogP contribution in [0, 0.1) is 5.82 Å². The number of methoxy groups -OCH3 is 1. The van der Waals surface area contributed by atoms with Crippen LogP contribution in [0.4, 0.5) is 4.39 Å². The molecule has 0 radical (unpaired) electrons. The largest absolute Gasteiger partial charge is 0.496 e. The van der Waals surface area contributed by atoms with Crippen LogP contribution in [0.2, 0.25) is 30.7 Å². The SMILES string of the molecule is COc1cc(F)cc(Cl)c1-c1ccn(COCC[Si](C)(C)C)n1. The van der Waals surface area contributed by atoms with Crippen molar-refractivity contribution >= 4 is 19.7 Å². The van der Waals surface area contributed by atoms with Crippen molar-refractivity contribution in [1.82, 2.24) is 9.78 Å². The standard InChI is InChI=1S/C16H22ClFN2O2Si/c1-21-15-10-12(18)9-13(17)16(15)14-5-6-20(19-14)11-22-7-8-23(2,3)4/h5-6,9-10H,7-8,11H2,1-4H3. The Bertz CT molecular complexity index is 671. The summed E-state index contributed by atoms with van der Waals surface area (Å²) in [5.41, 5.74) is 1.21. The van der Waals surface area contributed by atoms with Crippen LogP contribution in [0.5, 0.6) is 5.75 Å². The molecular weight excluding hydrogens is 335 g/mol. The number of rotatable bonds is 7. The molecule has 0 unspecified atom stereocenters. The summed E-state index contributed by atoms with van der Waals surface area (Å²) in [4.78, 5) is 0. The Morgan fingerprint density at radius 3 is 2.70 bits per heavy atom. The van der Waals surface area contributed by atoms with E-state index in [0.717, 1.165) is 12.7 Å². The van der Waals surface area contributed by atoms with E-state index in [2.05, 4.69) is 24.7 Å². The normalized spacial score (nSPS) is 11.7. The van der Waals surface area contributed by atoms with Gasteiger partial charge in [0.05, 0.1) is 23.4 Å². The van der Waals surface area contributed by atoms with Gasteiger partial charge in [-0.05, 0) is 18.2 Å².